The summed E-state index contributed by atoms with van der Waals surface area (Å²) in [6, 6.07) is 11.3. The normalized spacial score (nSPS) is 17.4. The molecule has 0 unspecified atom stereocenters. The van der Waals surface area contributed by atoms with E-state index in [2.05, 4.69) is 35.6 Å². The molecule has 0 spiro atoms. The van der Waals surface area contributed by atoms with Gasteiger partial charge in [0.25, 0.3) is 0 Å². The molecule has 0 aromatic carbocycles. The van der Waals surface area contributed by atoms with Crippen LogP contribution in [0.15, 0.2) is 48.8 Å². The Labute approximate surface area is 214 Å². The van der Waals surface area contributed by atoms with Crippen LogP contribution in [0, 0.1) is 12.8 Å². The molecule has 0 aliphatic heterocycles. The number of anilines is 1. The number of aromatic nitrogens is 7. The minimum atomic E-state index is -0.755. The van der Waals surface area contributed by atoms with Gasteiger partial charge in [-0.3, -0.25) is 14.8 Å². The first kappa shape index (κ1) is 24.3. The van der Waals surface area contributed by atoms with Crippen molar-refractivity contribution in [3.05, 3.63) is 60.2 Å². The van der Waals surface area contributed by atoms with E-state index in [-0.39, 0.29) is 12.0 Å². The molecule has 37 heavy (non-hydrogen) atoms. The van der Waals surface area contributed by atoms with Gasteiger partial charge in [0.15, 0.2) is 0 Å². The zero-order chi connectivity index (χ0) is 25.8. The maximum atomic E-state index is 11.3. The summed E-state index contributed by atoms with van der Waals surface area (Å²) in [6.07, 6.45) is 6.16. The molecule has 2 atom stereocenters. The first-order chi connectivity index (χ1) is 18.0. The minimum Gasteiger partial charge on any atom is -0.489 e. The Morgan fingerprint density at radius 3 is 2.78 bits per heavy atom. The fraction of sp³-hybridized carbons (Fsp3) is 0.346. The maximum Gasteiger partial charge on any atom is 0.306 e. The van der Waals surface area contributed by atoms with Crippen LogP contribution >= 0.6 is 0 Å². The van der Waals surface area contributed by atoms with Crippen LogP contribution in [0.5, 0.6) is 5.75 Å². The van der Waals surface area contributed by atoms with Crippen molar-refractivity contribution in [1.29, 1.82) is 0 Å². The molecule has 0 amide bonds. The Morgan fingerprint density at radius 1 is 1.14 bits per heavy atom. The quantitative estimate of drug-likeness (QED) is 0.368. The molecule has 1 fully saturated rings. The number of pyridine rings is 2. The smallest absolute Gasteiger partial charge is 0.306 e. The van der Waals surface area contributed by atoms with Gasteiger partial charge in [-0.05, 0) is 62.9 Å². The summed E-state index contributed by atoms with van der Waals surface area (Å²) in [5, 5.41) is 21.1. The minimum absolute atomic E-state index is 0.121. The topological polar surface area (TPSA) is 141 Å². The molecule has 1 saturated carbocycles. The number of nitrogens with one attached hydrogen (secondary N) is 1. The molecule has 11 nitrogen and oxygen atoms in total. The van der Waals surface area contributed by atoms with E-state index in [1.54, 1.807) is 17.1 Å². The summed E-state index contributed by atoms with van der Waals surface area (Å²) < 4.78 is 7.72. The molecule has 5 rings (SSSR count). The van der Waals surface area contributed by atoms with Gasteiger partial charge < -0.3 is 15.2 Å². The van der Waals surface area contributed by atoms with Crippen LogP contribution in [0.3, 0.4) is 0 Å². The third-order valence-electron chi connectivity index (χ3n) is 6.40. The van der Waals surface area contributed by atoms with E-state index in [0.29, 0.717) is 42.5 Å². The van der Waals surface area contributed by atoms with Crippen LogP contribution in [0.1, 0.15) is 37.1 Å². The van der Waals surface area contributed by atoms with Gasteiger partial charge in [0.2, 0.25) is 5.95 Å². The van der Waals surface area contributed by atoms with Gasteiger partial charge in [-0.25, -0.2) is 14.6 Å². The van der Waals surface area contributed by atoms with Crippen LogP contribution in [0.4, 0.5) is 5.95 Å². The van der Waals surface area contributed by atoms with E-state index in [4.69, 9.17) is 4.74 Å². The summed E-state index contributed by atoms with van der Waals surface area (Å²) in [7, 11) is 1.82. The molecule has 1 aliphatic carbocycles. The van der Waals surface area contributed by atoms with Crippen molar-refractivity contribution >= 4 is 11.9 Å². The number of hydrogen-bond donors (Lipinski definition) is 2. The van der Waals surface area contributed by atoms with E-state index in [9.17, 15) is 9.90 Å². The number of nitrogens with zero attached hydrogens (tertiary/aromatic N) is 7. The molecule has 4 heterocycles. The third kappa shape index (κ3) is 5.71. The van der Waals surface area contributed by atoms with Crippen molar-refractivity contribution in [3.8, 4) is 28.5 Å². The van der Waals surface area contributed by atoms with E-state index >= 15 is 0 Å². The number of aryl methyl sites for hydroxylation is 2. The Morgan fingerprint density at radius 2 is 2.03 bits per heavy atom. The highest BCUT2D eigenvalue weighted by atomic mass is 16.5. The number of hydrogen-bond acceptors (Lipinski definition) is 9. The van der Waals surface area contributed by atoms with Crippen LogP contribution in [-0.2, 0) is 18.4 Å². The fourth-order valence-corrected chi connectivity index (χ4v) is 4.49. The second-order valence-corrected chi connectivity index (χ2v) is 9.12. The molecule has 1 aliphatic rings. The largest absolute Gasteiger partial charge is 0.489 e. The van der Waals surface area contributed by atoms with Gasteiger partial charge in [-0.2, -0.15) is 0 Å². The van der Waals surface area contributed by atoms with E-state index < -0.39 is 5.97 Å². The second-order valence-electron chi connectivity index (χ2n) is 9.12. The summed E-state index contributed by atoms with van der Waals surface area (Å²) >= 11 is 0. The summed E-state index contributed by atoms with van der Waals surface area (Å²) in [5.74, 6) is -0.0112. The lowest BCUT2D eigenvalue weighted by atomic mass is 9.87. The van der Waals surface area contributed by atoms with Crippen LogP contribution < -0.4 is 10.1 Å². The Balaban J connectivity index is 1.28. The average molecular weight is 501 g/mol. The second kappa shape index (κ2) is 10.7. The number of rotatable bonds is 8. The molecule has 0 bridgehead atoms. The molecule has 4 aromatic rings. The van der Waals surface area contributed by atoms with Gasteiger partial charge in [0.05, 0.1) is 47.5 Å². The van der Waals surface area contributed by atoms with Crippen molar-refractivity contribution < 1.29 is 14.6 Å². The molecule has 2 N–H and O–H groups in total. The summed E-state index contributed by atoms with van der Waals surface area (Å²) in [4.78, 5) is 29.4. The number of carbonyl (C=O) groups is 1. The predicted octanol–water partition coefficient (Wildman–Crippen LogP) is 3.67. The third-order valence-corrected chi connectivity index (χ3v) is 6.40. The standard InChI is InChI=1S/C26H28N8O3/c1-16-12-22(20-8-3-4-11-27-20)31-26(30-16)29-15-23-24(32-33-34(23)2)21-10-9-19(14-28-21)37-18-7-5-6-17(13-18)25(35)36/h3-4,8-12,14,17-18H,5-7,13,15H2,1-2H3,(H,35,36)(H,29,30,31)/t17-,18-/m0/s1. The summed E-state index contributed by atoms with van der Waals surface area (Å²) in [5.41, 5.74) is 4.46. The first-order valence-corrected chi connectivity index (χ1v) is 12.2. The SMILES string of the molecule is Cc1cc(-c2ccccn2)nc(NCc2c(-c3ccc(O[C@H]4CCC[C@H](C(=O)O)C4)cn3)nnn2C)n1. The highest BCUT2D eigenvalue weighted by molar-refractivity contribution is 5.70. The molecule has 190 valence electrons. The monoisotopic (exact) mass is 500 g/mol. The van der Waals surface area contributed by atoms with Crippen molar-refractivity contribution in [3.63, 3.8) is 0 Å². The van der Waals surface area contributed by atoms with Crippen molar-refractivity contribution in [2.24, 2.45) is 13.0 Å². The molecule has 0 radical (unpaired) electrons. The van der Waals surface area contributed by atoms with E-state index in [0.717, 1.165) is 35.6 Å². The molecule has 0 saturated heterocycles. The fourth-order valence-electron chi connectivity index (χ4n) is 4.49. The van der Waals surface area contributed by atoms with Gasteiger partial charge in [-0.15, -0.1) is 5.10 Å². The molecular formula is C26H28N8O3. The van der Waals surface area contributed by atoms with Crippen molar-refractivity contribution in [2.75, 3.05) is 5.32 Å². The maximum absolute atomic E-state index is 11.3. The molecule has 4 aromatic heterocycles. The van der Waals surface area contributed by atoms with E-state index in [1.807, 2.05) is 50.4 Å². The Hall–Kier alpha value is -4.41. The van der Waals surface area contributed by atoms with Gasteiger partial charge in [0.1, 0.15) is 11.4 Å². The van der Waals surface area contributed by atoms with Crippen LogP contribution in [0.25, 0.3) is 22.8 Å². The lowest BCUT2D eigenvalue weighted by Gasteiger charge is -2.27. The van der Waals surface area contributed by atoms with Crippen LogP contribution in [0.2, 0.25) is 0 Å². The van der Waals surface area contributed by atoms with Gasteiger partial charge >= 0.3 is 5.97 Å². The number of carboxylic acids is 1. The van der Waals surface area contributed by atoms with Gasteiger partial charge in [-0.1, -0.05) is 11.3 Å². The zero-order valence-electron chi connectivity index (χ0n) is 20.7. The number of ether oxygens (including phenoxy) is 1. The Kier molecular flexibility index (Phi) is 7.02. The first-order valence-electron chi connectivity index (χ1n) is 12.2. The Bertz CT molecular complexity index is 1370. The van der Waals surface area contributed by atoms with E-state index in [1.165, 1.54) is 0 Å². The van der Waals surface area contributed by atoms with Crippen molar-refractivity contribution in [1.82, 2.24) is 34.9 Å². The summed E-state index contributed by atoms with van der Waals surface area (Å²) in [6.45, 7) is 2.31. The average Bonchev–Trinajstić information content (AvgIpc) is 3.28. The highest BCUT2D eigenvalue weighted by Gasteiger charge is 2.28. The van der Waals surface area contributed by atoms with Gasteiger partial charge in [0, 0.05) is 18.9 Å². The zero-order valence-corrected chi connectivity index (χ0v) is 20.7. The predicted molar refractivity (Wildman–Crippen MR) is 136 cm³/mol. The lowest BCUT2D eigenvalue weighted by Crippen LogP contribution is -2.29. The lowest BCUT2D eigenvalue weighted by molar-refractivity contribution is -0.143. The number of aliphatic carboxylic acids is 1. The van der Waals surface area contributed by atoms with Crippen molar-refractivity contribution in [2.45, 2.75) is 45.3 Å². The molecular weight excluding hydrogens is 472 g/mol. The van der Waals surface area contributed by atoms with Crippen LogP contribution in [-0.4, -0.2) is 52.1 Å². The number of carboxylic acid groups (broad SMARTS) is 1. The highest BCUT2D eigenvalue weighted by Crippen LogP contribution is 2.29. The molecule has 11 heteroatoms.